The van der Waals surface area contributed by atoms with Crippen molar-refractivity contribution < 1.29 is 0 Å². The quantitative estimate of drug-likeness (QED) is 0.543. The molecule has 0 spiro atoms. The zero-order valence-electron chi connectivity index (χ0n) is 14.3. The lowest BCUT2D eigenvalue weighted by Gasteiger charge is -2.04. The number of nitrogens with one attached hydrogen (secondary N) is 1. The summed E-state index contributed by atoms with van der Waals surface area (Å²) in [6.07, 6.45) is 1.83. The van der Waals surface area contributed by atoms with Crippen LogP contribution in [0, 0.1) is 16.0 Å². The van der Waals surface area contributed by atoms with Gasteiger partial charge in [0.05, 0.1) is 30.3 Å². The van der Waals surface area contributed by atoms with Crippen molar-refractivity contribution in [2.75, 3.05) is 0 Å². The summed E-state index contributed by atoms with van der Waals surface area (Å²) in [5.74, 6) is 0.604. The fourth-order valence-corrected chi connectivity index (χ4v) is 3.08. The van der Waals surface area contributed by atoms with Crippen molar-refractivity contribution in [3.63, 3.8) is 0 Å². The Morgan fingerprint density at radius 3 is 2.48 bits per heavy atom. The van der Waals surface area contributed by atoms with Crippen LogP contribution in [0.15, 0.2) is 60.8 Å². The lowest BCUT2D eigenvalue weighted by Crippen LogP contribution is -2.05. The van der Waals surface area contributed by atoms with E-state index in [4.69, 9.17) is 17.5 Å². The van der Waals surface area contributed by atoms with Gasteiger partial charge < -0.3 is 5.10 Å². The number of nitrogens with zero attached hydrogens (tertiary/aromatic N) is 6. The van der Waals surface area contributed by atoms with Gasteiger partial charge >= 0.3 is 0 Å². The van der Waals surface area contributed by atoms with Gasteiger partial charge in [-0.25, -0.2) is 4.68 Å². The predicted molar refractivity (Wildman–Crippen MR) is 102 cm³/mol. The number of rotatable bonds is 5. The van der Waals surface area contributed by atoms with Crippen molar-refractivity contribution in [2.24, 2.45) is 0 Å². The molecule has 0 unspecified atom stereocenters. The summed E-state index contributed by atoms with van der Waals surface area (Å²) in [5.41, 5.74) is 3.55. The van der Waals surface area contributed by atoms with Crippen LogP contribution in [0.2, 0.25) is 0 Å². The minimum Gasteiger partial charge on any atom is -0.304 e. The summed E-state index contributed by atoms with van der Waals surface area (Å²) in [5, 5.41) is 24.1. The summed E-state index contributed by atoms with van der Waals surface area (Å²) in [4.78, 5) is 0. The zero-order chi connectivity index (χ0) is 18.6. The Hall–Kier alpha value is -3.57. The average Bonchev–Trinajstić information content (AvgIpc) is 3.30. The number of aromatic amines is 1. The van der Waals surface area contributed by atoms with Crippen molar-refractivity contribution in [3.8, 4) is 17.5 Å². The summed E-state index contributed by atoms with van der Waals surface area (Å²) in [6, 6.07) is 19.6. The Kier molecular flexibility index (Phi) is 4.60. The molecule has 2 aromatic heterocycles. The number of benzene rings is 2. The van der Waals surface area contributed by atoms with Gasteiger partial charge in [-0.15, -0.1) is 5.10 Å². The molecule has 2 heterocycles. The Bertz CT molecular complexity index is 1150. The van der Waals surface area contributed by atoms with Crippen molar-refractivity contribution in [1.82, 2.24) is 30.0 Å². The van der Waals surface area contributed by atoms with E-state index >= 15 is 0 Å². The molecule has 0 saturated heterocycles. The molecule has 0 aliphatic carbocycles. The minimum absolute atomic E-state index is 0.493. The van der Waals surface area contributed by atoms with Crippen LogP contribution in [0.1, 0.15) is 16.7 Å². The van der Waals surface area contributed by atoms with E-state index in [0.717, 1.165) is 16.7 Å². The molecule has 2 aromatic carbocycles. The van der Waals surface area contributed by atoms with Crippen molar-refractivity contribution in [1.29, 1.82) is 5.26 Å². The van der Waals surface area contributed by atoms with E-state index < -0.39 is 0 Å². The minimum atomic E-state index is 0.493. The molecule has 4 rings (SSSR count). The van der Waals surface area contributed by atoms with Crippen LogP contribution in [0.4, 0.5) is 0 Å². The molecular formula is C19H15N7S. The molecule has 0 bridgehead atoms. The summed E-state index contributed by atoms with van der Waals surface area (Å²) >= 11 is 5.62. The highest BCUT2D eigenvalue weighted by Crippen LogP contribution is 2.19. The molecule has 132 valence electrons. The molecule has 0 fully saturated rings. The molecule has 7 nitrogen and oxygen atoms in total. The van der Waals surface area contributed by atoms with Gasteiger partial charge in [0.2, 0.25) is 0 Å². The van der Waals surface area contributed by atoms with Crippen LogP contribution < -0.4 is 0 Å². The van der Waals surface area contributed by atoms with Crippen LogP contribution in [0.3, 0.4) is 0 Å². The monoisotopic (exact) mass is 373 g/mol. The number of nitriles is 1. The number of H-pyrrole nitrogens is 1. The topological polar surface area (TPSA) is 88.1 Å². The fraction of sp³-hybridized carbons (Fsp3) is 0.105. The van der Waals surface area contributed by atoms with Gasteiger partial charge in [0.15, 0.2) is 5.82 Å². The van der Waals surface area contributed by atoms with Crippen LogP contribution in [0.25, 0.3) is 11.4 Å². The van der Waals surface area contributed by atoms with Crippen LogP contribution in [-0.2, 0) is 13.1 Å². The van der Waals surface area contributed by atoms with E-state index in [0.29, 0.717) is 29.1 Å². The maximum Gasteiger partial charge on any atom is 0.186 e. The van der Waals surface area contributed by atoms with Gasteiger partial charge in [-0.1, -0.05) is 54.7 Å². The summed E-state index contributed by atoms with van der Waals surface area (Å²) in [7, 11) is 0. The van der Waals surface area contributed by atoms with Crippen molar-refractivity contribution in [3.05, 3.63) is 82.1 Å². The van der Waals surface area contributed by atoms with E-state index in [1.807, 2.05) is 41.2 Å². The van der Waals surface area contributed by atoms with Gasteiger partial charge in [-0.3, -0.25) is 4.68 Å². The fourth-order valence-electron chi connectivity index (χ4n) is 2.81. The zero-order valence-corrected chi connectivity index (χ0v) is 15.1. The SMILES string of the molecule is N#Cc1ccc(Cn2nnnc2-c2c[nH]n(Cc3ccccc3)c2=S)cc1. The molecule has 0 aliphatic heterocycles. The average molecular weight is 373 g/mol. The smallest absolute Gasteiger partial charge is 0.186 e. The number of aromatic nitrogens is 6. The highest BCUT2D eigenvalue weighted by Gasteiger charge is 2.14. The van der Waals surface area contributed by atoms with Gasteiger partial charge in [-0.05, 0) is 33.7 Å². The van der Waals surface area contributed by atoms with E-state index in [1.165, 1.54) is 0 Å². The first-order valence-electron chi connectivity index (χ1n) is 8.32. The number of tetrazole rings is 1. The van der Waals surface area contributed by atoms with E-state index in [2.05, 4.69) is 38.8 Å². The predicted octanol–water partition coefficient (Wildman–Crippen LogP) is 3.17. The highest BCUT2D eigenvalue weighted by atomic mass is 32.1. The normalized spacial score (nSPS) is 10.6. The lowest BCUT2D eigenvalue weighted by molar-refractivity contribution is 0.652. The molecule has 8 heteroatoms. The van der Waals surface area contributed by atoms with Crippen LogP contribution in [-0.4, -0.2) is 30.0 Å². The molecule has 4 aromatic rings. The third kappa shape index (κ3) is 3.54. The maximum absolute atomic E-state index is 8.91. The molecule has 27 heavy (non-hydrogen) atoms. The second kappa shape index (κ2) is 7.35. The first-order chi connectivity index (χ1) is 13.2. The van der Waals surface area contributed by atoms with E-state index in [-0.39, 0.29) is 0 Å². The molecule has 0 aliphatic rings. The third-order valence-corrected chi connectivity index (χ3v) is 4.65. The molecule has 0 radical (unpaired) electrons. The van der Waals surface area contributed by atoms with Crippen molar-refractivity contribution in [2.45, 2.75) is 13.1 Å². The molecule has 1 N–H and O–H groups in total. The Morgan fingerprint density at radius 2 is 1.74 bits per heavy atom. The van der Waals surface area contributed by atoms with Crippen LogP contribution >= 0.6 is 12.2 Å². The highest BCUT2D eigenvalue weighted by molar-refractivity contribution is 7.71. The van der Waals surface area contributed by atoms with Gasteiger partial charge in [0, 0.05) is 6.20 Å². The maximum atomic E-state index is 8.91. The summed E-state index contributed by atoms with van der Waals surface area (Å²) in [6.45, 7) is 1.14. The van der Waals surface area contributed by atoms with Gasteiger partial charge in [0.1, 0.15) is 4.64 Å². The van der Waals surface area contributed by atoms with E-state index in [9.17, 15) is 0 Å². The van der Waals surface area contributed by atoms with E-state index in [1.54, 1.807) is 16.8 Å². The molecule has 0 amide bonds. The number of hydrogen-bond donors (Lipinski definition) is 1. The van der Waals surface area contributed by atoms with Gasteiger partial charge in [-0.2, -0.15) is 5.26 Å². The standard InChI is InChI=1S/C19H15N7S/c20-10-14-6-8-16(9-7-14)12-25-18(22-23-24-25)17-11-21-26(19(17)27)13-15-4-2-1-3-5-15/h1-9,11,21H,12-13H2. The second-order valence-electron chi connectivity index (χ2n) is 6.03. The Labute approximate surface area is 160 Å². The largest absolute Gasteiger partial charge is 0.304 e. The van der Waals surface area contributed by atoms with Crippen molar-refractivity contribution >= 4 is 12.2 Å². The lowest BCUT2D eigenvalue weighted by atomic mass is 10.1. The summed E-state index contributed by atoms with van der Waals surface area (Å²) < 4.78 is 4.24. The molecular weight excluding hydrogens is 358 g/mol. The third-order valence-electron chi connectivity index (χ3n) is 4.21. The molecule has 0 saturated carbocycles. The Balaban J connectivity index is 1.61. The Morgan fingerprint density at radius 1 is 1.00 bits per heavy atom. The first kappa shape index (κ1) is 16.9. The number of hydrogen-bond acceptors (Lipinski definition) is 5. The first-order valence-corrected chi connectivity index (χ1v) is 8.73. The van der Waals surface area contributed by atoms with Crippen LogP contribution in [0.5, 0.6) is 0 Å². The molecule has 0 atom stereocenters. The van der Waals surface area contributed by atoms with Gasteiger partial charge in [0.25, 0.3) is 0 Å². The second-order valence-corrected chi connectivity index (χ2v) is 6.42.